The van der Waals surface area contributed by atoms with E-state index in [1.165, 1.54) is 11.3 Å². The Labute approximate surface area is 135 Å². The Balaban J connectivity index is 1.77. The van der Waals surface area contributed by atoms with Gasteiger partial charge in [0.05, 0.1) is 4.91 Å². The normalized spacial score (nSPS) is 17.2. The molecule has 0 spiro atoms. The number of hydrogen-bond acceptors (Lipinski definition) is 7. The van der Waals surface area contributed by atoms with E-state index in [-0.39, 0.29) is 29.5 Å². The molecular weight excluding hydrogens is 322 g/mol. The van der Waals surface area contributed by atoms with Gasteiger partial charge in [0.1, 0.15) is 6.54 Å². The van der Waals surface area contributed by atoms with Crippen molar-refractivity contribution in [2.24, 2.45) is 0 Å². The summed E-state index contributed by atoms with van der Waals surface area (Å²) in [7, 11) is 0. The third-order valence-corrected chi connectivity index (χ3v) is 4.71. The summed E-state index contributed by atoms with van der Waals surface area (Å²) < 4.78 is 5.09. The molecule has 8 heteroatoms. The molecule has 1 aliphatic heterocycles. The minimum absolute atomic E-state index is 0.00612. The Morgan fingerprint density at radius 2 is 2.23 bits per heavy atom. The van der Waals surface area contributed by atoms with Gasteiger partial charge in [-0.1, -0.05) is 25.1 Å². The molecular formula is C14H13N3O3S2. The van der Waals surface area contributed by atoms with Crippen molar-refractivity contribution in [3.63, 3.8) is 0 Å². The smallest absolute Gasteiger partial charge is 0.294 e. The van der Waals surface area contributed by atoms with Crippen molar-refractivity contribution in [2.45, 2.75) is 26.3 Å². The van der Waals surface area contributed by atoms with Crippen LogP contribution in [0.3, 0.4) is 0 Å². The first-order valence-electron chi connectivity index (χ1n) is 6.66. The molecule has 2 aromatic rings. The second-order valence-electron chi connectivity index (χ2n) is 4.98. The van der Waals surface area contributed by atoms with E-state index in [1.807, 2.05) is 31.4 Å². The SMILES string of the molecule is CC(C)c1noc(CN2C(=O)S/C(=C\c3cccs3)C2=O)n1. The number of rotatable bonds is 4. The first kappa shape index (κ1) is 15.0. The van der Waals surface area contributed by atoms with Gasteiger partial charge < -0.3 is 4.52 Å². The van der Waals surface area contributed by atoms with Crippen LogP contribution in [0.2, 0.25) is 0 Å². The Kier molecular flexibility index (Phi) is 4.12. The van der Waals surface area contributed by atoms with Gasteiger partial charge in [0.2, 0.25) is 5.89 Å². The van der Waals surface area contributed by atoms with Crippen LogP contribution in [0.1, 0.15) is 36.4 Å². The standard InChI is InChI=1S/C14H13N3O3S2/c1-8(2)12-15-11(20-16-12)7-17-13(18)10(22-14(17)19)6-9-4-3-5-21-9/h3-6,8H,7H2,1-2H3/b10-6-. The van der Waals surface area contributed by atoms with Gasteiger partial charge >= 0.3 is 0 Å². The maximum absolute atomic E-state index is 12.3. The summed E-state index contributed by atoms with van der Waals surface area (Å²) >= 11 is 2.44. The van der Waals surface area contributed by atoms with Crippen LogP contribution >= 0.6 is 23.1 Å². The fourth-order valence-corrected chi connectivity index (χ4v) is 3.40. The van der Waals surface area contributed by atoms with E-state index in [0.717, 1.165) is 21.5 Å². The Morgan fingerprint density at radius 3 is 2.86 bits per heavy atom. The van der Waals surface area contributed by atoms with Gasteiger partial charge in [-0.2, -0.15) is 4.98 Å². The summed E-state index contributed by atoms with van der Waals surface area (Å²) in [5.74, 6) is 0.637. The largest absolute Gasteiger partial charge is 0.337 e. The quantitative estimate of drug-likeness (QED) is 0.796. The highest BCUT2D eigenvalue weighted by atomic mass is 32.2. The minimum atomic E-state index is -0.326. The molecule has 1 aliphatic rings. The number of carbonyl (C=O) groups is 2. The van der Waals surface area contributed by atoms with E-state index in [2.05, 4.69) is 10.1 Å². The predicted molar refractivity (Wildman–Crippen MR) is 84.2 cm³/mol. The number of nitrogens with zero attached hydrogens (tertiary/aromatic N) is 3. The number of carbonyl (C=O) groups excluding carboxylic acids is 2. The van der Waals surface area contributed by atoms with Crippen LogP contribution in [0, 0.1) is 0 Å². The van der Waals surface area contributed by atoms with Crippen LogP contribution in [-0.2, 0) is 11.3 Å². The minimum Gasteiger partial charge on any atom is -0.337 e. The van der Waals surface area contributed by atoms with E-state index in [9.17, 15) is 9.59 Å². The van der Waals surface area contributed by atoms with Crippen LogP contribution in [0.4, 0.5) is 4.79 Å². The predicted octanol–water partition coefficient (Wildman–Crippen LogP) is 3.49. The fourth-order valence-electron chi connectivity index (χ4n) is 1.84. The van der Waals surface area contributed by atoms with Crippen LogP contribution in [0.15, 0.2) is 26.9 Å². The Morgan fingerprint density at radius 1 is 1.41 bits per heavy atom. The summed E-state index contributed by atoms with van der Waals surface area (Å²) in [6, 6.07) is 3.79. The van der Waals surface area contributed by atoms with Crippen molar-refractivity contribution in [1.82, 2.24) is 15.0 Å². The fraction of sp³-hybridized carbons (Fsp3) is 0.286. The Bertz CT molecular complexity index is 734. The highest BCUT2D eigenvalue weighted by Gasteiger charge is 2.36. The molecule has 0 atom stereocenters. The second kappa shape index (κ2) is 6.05. The van der Waals surface area contributed by atoms with E-state index in [1.54, 1.807) is 6.08 Å². The number of imide groups is 1. The van der Waals surface area contributed by atoms with Gasteiger partial charge in [0, 0.05) is 10.8 Å². The van der Waals surface area contributed by atoms with Crippen molar-refractivity contribution in [3.8, 4) is 0 Å². The molecule has 22 heavy (non-hydrogen) atoms. The van der Waals surface area contributed by atoms with Crippen molar-refractivity contribution in [1.29, 1.82) is 0 Å². The number of aromatic nitrogens is 2. The summed E-state index contributed by atoms with van der Waals surface area (Å²) in [6.07, 6.45) is 1.73. The van der Waals surface area contributed by atoms with Gasteiger partial charge in [0.15, 0.2) is 5.82 Å². The van der Waals surface area contributed by atoms with Crippen molar-refractivity contribution >= 4 is 40.3 Å². The van der Waals surface area contributed by atoms with Crippen LogP contribution < -0.4 is 0 Å². The third-order valence-electron chi connectivity index (χ3n) is 2.98. The van der Waals surface area contributed by atoms with Crippen molar-refractivity contribution in [2.75, 3.05) is 0 Å². The maximum Gasteiger partial charge on any atom is 0.294 e. The van der Waals surface area contributed by atoms with E-state index >= 15 is 0 Å². The summed E-state index contributed by atoms with van der Waals surface area (Å²) in [4.78, 5) is 31.0. The monoisotopic (exact) mass is 335 g/mol. The van der Waals surface area contributed by atoms with Gasteiger partial charge in [-0.3, -0.25) is 14.5 Å². The molecule has 2 aromatic heterocycles. The zero-order valence-corrected chi connectivity index (χ0v) is 13.6. The van der Waals surface area contributed by atoms with Crippen LogP contribution in [-0.4, -0.2) is 26.2 Å². The molecule has 3 heterocycles. The number of thiophene rings is 1. The maximum atomic E-state index is 12.3. The molecule has 0 bridgehead atoms. The zero-order chi connectivity index (χ0) is 15.7. The molecule has 0 N–H and O–H groups in total. The lowest BCUT2D eigenvalue weighted by Gasteiger charge is -2.08. The lowest BCUT2D eigenvalue weighted by Crippen LogP contribution is -2.27. The average molecular weight is 335 g/mol. The first-order chi connectivity index (χ1) is 10.5. The van der Waals surface area contributed by atoms with Crippen LogP contribution in [0.25, 0.3) is 6.08 Å². The van der Waals surface area contributed by atoms with Gasteiger partial charge in [-0.25, -0.2) is 0 Å². The van der Waals surface area contributed by atoms with Gasteiger partial charge in [-0.15, -0.1) is 11.3 Å². The first-order valence-corrected chi connectivity index (χ1v) is 8.35. The molecule has 3 rings (SSSR count). The lowest BCUT2D eigenvalue weighted by atomic mass is 10.2. The Hall–Kier alpha value is -1.93. The van der Waals surface area contributed by atoms with E-state index in [4.69, 9.17) is 4.52 Å². The number of thioether (sulfide) groups is 1. The van der Waals surface area contributed by atoms with E-state index < -0.39 is 0 Å². The molecule has 0 saturated carbocycles. The second-order valence-corrected chi connectivity index (χ2v) is 6.96. The summed E-state index contributed by atoms with van der Waals surface area (Å²) in [5.41, 5.74) is 0. The summed E-state index contributed by atoms with van der Waals surface area (Å²) in [6.45, 7) is 3.89. The highest BCUT2D eigenvalue weighted by molar-refractivity contribution is 8.18. The molecule has 2 amide bonds. The summed E-state index contributed by atoms with van der Waals surface area (Å²) in [5, 5.41) is 5.43. The molecule has 114 valence electrons. The van der Waals surface area contributed by atoms with Crippen molar-refractivity contribution in [3.05, 3.63) is 39.0 Å². The number of amides is 2. The zero-order valence-electron chi connectivity index (χ0n) is 12.0. The van der Waals surface area contributed by atoms with Gasteiger partial charge in [0.25, 0.3) is 11.1 Å². The van der Waals surface area contributed by atoms with Gasteiger partial charge in [-0.05, 0) is 29.3 Å². The molecule has 0 radical (unpaired) electrons. The highest BCUT2D eigenvalue weighted by Crippen LogP contribution is 2.33. The molecule has 1 fully saturated rings. The topological polar surface area (TPSA) is 76.3 Å². The average Bonchev–Trinajstić information content (AvgIpc) is 3.18. The molecule has 0 aliphatic carbocycles. The van der Waals surface area contributed by atoms with Crippen LogP contribution in [0.5, 0.6) is 0 Å². The molecule has 0 aromatic carbocycles. The number of hydrogen-bond donors (Lipinski definition) is 0. The van der Waals surface area contributed by atoms with E-state index in [0.29, 0.717) is 10.7 Å². The molecule has 0 unspecified atom stereocenters. The van der Waals surface area contributed by atoms with Crippen molar-refractivity contribution < 1.29 is 14.1 Å². The molecule has 1 saturated heterocycles. The third kappa shape index (κ3) is 2.97. The molecule has 6 nitrogen and oxygen atoms in total. The lowest BCUT2D eigenvalue weighted by molar-refractivity contribution is -0.123.